The van der Waals surface area contributed by atoms with Gasteiger partial charge in [-0.15, -0.1) is 0 Å². The number of rotatable bonds is 7. The predicted molar refractivity (Wildman–Crippen MR) is 117 cm³/mol. The third-order valence-electron chi connectivity index (χ3n) is 4.25. The fourth-order valence-electron chi connectivity index (χ4n) is 2.70. The molecule has 0 unspecified atom stereocenters. The van der Waals surface area contributed by atoms with E-state index in [2.05, 4.69) is 15.5 Å². The molecular weight excluding hydrogens is 481 g/mol. The molecule has 0 saturated carbocycles. The number of carbonyl (C=O) groups excluding carboxylic acids is 1. The van der Waals surface area contributed by atoms with Crippen molar-refractivity contribution in [2.45, 2.75) is 11.1 Å². The van der Waals surface area contributed by atoms with Gasteiger partial charge in [0.05, 0.1) is 27.4 Å². The number of amides is 1. The Bertz CT molecular complexity index is 1250. The number of benzene rings is 2. The molecule has 2 aromatic carbocycles. The van der Waals surface area contributed by atoms with Gasteiger partial charge >= 0.3 is 6.18 Å². The van der Waals surface area contributed by atoms with Crippen LogP contribution in [0.15, 0.2) is 83.1 Å². The Morgan fingerprint density at radius 2 is 1.85 bits per heavy atom. The maximum absolute atomic E-state index is 13.3. The fourth-order valence-corrected chi connectivity index (χ4v) is 4.42. The van der Waals surface area contributed by atoms with Crippen molar-refractivity contribution in [2.24, 2.45) is 5.10 Å². The number of aromatic nitrogens is 1. The van der Waals surface area contributed by atoms with Crippen LogP contribution in [0.3, 0.4) is 0 Å². The summed E-state index contributed by atoms with van der Waals surface area (Å²) in [6, 6.07) is 12.5. The Morgan fingerprint density at radius 1 is 1.12 bits per heavy atom. The molecule has 1 aromatic heterocycles. The first kappa shape index (κ1) is 24.2. The standard InChI is InChI=1S/C21H16ClF3N4O3S/c22-18-9-8-16(21(23,24)25)11-19(18)29(33(31,32)17-6-2-1-3-7-17)14-20(30)28-27-13-15-5-4-10-26-12-15/h1-13H,14H2,(H,28,30)/b27-13-. The number of hydrogen-bond acceptors (Lipinski definition) is 5. The first-order valence-electron chi connectivity index (χ1n) is 9.25. The van der Waals surface area contributed by atoms with E-state index in [1.165, 1.54) is 36.7 Å². The largest absolute Gasteiger partial charge is 0.416 e. The zero-order valence-electron chi connectivity index (χ0n) is 16.7. The number of alkyl halides is 3. The molecule has 0 atom stereocenters. The van der Waals surface area contributed by atoms with Crippen LogP contribution in [0.1, 0.15) is 11.1 Å². The molecule has 0 saturated heterocycles. The van der Waals surface area contributed by atoms with Crippen molar-refractivity contribution < 1.29 is 26.4 Å². The van der Waals surface area contributed by atoms with E-state index in [0.29, 0.717) is 15.9 Å². The summed E-state index contributed by atoms with van der Waals surface area (Å²) in [6.07, 6.45) is -0.457. The second-order valence-electron chi connectivity index (χ2n) is 6.57. The van der Waals surface area contributed by atoms with Crippen LogP contribution in [0.5, 0.6) is 0 Å². The first-order valence-corrected chi connectivity index (χ1v) is 11.1. The topological polar surface area (TPSA) is 91.7 Å². The number of carbonyl (C=O) groups is 1. The minimum Gasteiger partial charge on any atom is -0.271 e. The Labute approximate surface area is 192 Å². The average Bonchev–Trinajstić information content (AvgIpc) is 2.78. The monoisotopic (exact) mass is 496 g/mol. The Morgan fingerprint density at radius 3 is 2.48 bits per heavy atom. The predicted octanol–water partition coefficient (Wildman–Crippen LogP) is 4.10. The number of anilines is 1. The van der Waals surface area contributed by atoms with Gasteiger partial charge in [0.2, 0.25) is 0 Å². The number of sulfonamides is 1. The highest BCUT2D eigenvalue weighted by atomic mass is 35.5. The maximum atomic E-state index is 13.3. The number of hydrazone groups is 1. The quantitative estimate of drug-likeness (QED) is 0.394. The highest BCUT2D eigenvalue weighted by Crippen LogP contribution is 2.37. The molecule has 1 N–H and O–H groups in total. The highest BCUT2D eigenvalue weighted by molar-refractivity contribution is 7.92. The molecule has 172 valence electrons. The highest BCUT2D eigenvalue weighted by Gasteiger charge is 2.34. The van der Waals surface area contributed by atoms with Crippen molar-refractivity contribution in [3.05, 3.63) is 89.2 Å². The zero-order chi connectivity index (χ0) is 24.1. The van der Waals surface area contributed by atoms with Crippen LogP contribution < -0.4 is 9.73 Å². The number of pyridine rings is 1. The Kier molecular flexibility index (Phi) is 7.34. The summed E-state index contributed by atoms with van der Waals surface area (Å²) in [7, 11) is -4.45. The van der Waals surface area contributed by atoms with Gasteiger partial charge in [0.25, 0.3) is 15.9 Å². The maximum Gasteiger partial charge on any atom is 0.416 e. The van der Waals surface area contributed by atoms with E-state index in [4.69, 9.17) is 11.6 Å². The molecule has 0 spiro atoms. The molecule has 0 aliphatic rings. The molecule has 0 aliphatic heterocycles. The van der Waals surface area contributed by atoms with Crippen LogP contribution in [0.25, 0.3) is 0 Å². The molecule has 7 nitrogen and oxygen atoms in total. The molecule has 3 rings (SSSR count). The van der Waals surface area contributed by atoms with Crippen LogP contribution in [0.2, 0.25) is 5.02 Å². The molecule has 12 heteroatoms. The number of halogens is 4. The molecule has 1 heterocycles. The van der Waals surface area contributed by atoms with Crippen molar-refractivity contribution in [2.75, 3.05) is 10.8 Å². The lowest BCUT2D eigenvalue weighted by molar-refractivity contribution is -0.137. The van der Waals surface area contributed by atoms with Crippen LogP contribution in [0, 0.1) is 0 Å². The Hall–Kier alpha value is -3.44. The molecular formula is C21H16ClF3N4O3S. The third-order valence-corrected chi connectivity index (χ3v) is 6.34. The van der Waals surface area contributed by atoms with Gasteiger partial charge in [0.1, 0.15) is 6.54 Å². The number of hydrogen-bond donors (Lipinski definition) is 1. The first-order chi connectivity index (χ1) is 15.6. The van der Waals surface area contributed by atoms with Crippen molar-refractivity contribution in [3.8, 4) is 0 Å². The molecule has 0 aliphatic carbocycles. The lowest BCUT2D eigenvalue weighted by Gasteiger charge is -2.25. The van der Waals surface area contributed by atoms with Gasteiger partial charge in [-0.25, -0.2) is 13.8 Å². The third kappa shape index (κ3) is 6.08. The van der Waals surface area contributed by atoms with E-state index >= 15 is 0 Å². The molecule has 0 radical (unpaired) electrons. The fraction of sp³-hybridized carbons (Fsp3) is 0.0952. The second-order valence-corrected chi connectivity index (χ2v) is 8.84. The normalized spacial score (nSPS) is 12.0. The van der Waals surface area contributed by atoms with Gasteiger partial charge in [-0.3, -0.25) is 14.1 Å². The van der Waals surface area contributed by atoms with Gasteiger partial charge < -0.3 is 0 Å². The SMILES string of the molecule is O=C(CN(c1cc(C(F)(F)F)ccc1Cl)S(=O)(=O)c1ccccc1)N/N=C\c1cccnc1. The zero-order valence-corrected chi connectivity index (χ0v) is 18.3. The smallest absolute Gasteiger partial charge is 0.271 e. The van der Waals surface area contributed by atoms with Crippen molar-refractivity contribution in [3.63, 3.8) is 0 Å². The molecule has 0 fully saturated rings. The summed E-state index contributed by atoms with van der Waals surface area (Å²) in [5, 5.41) is 3.44. The van der Waals surface area contributed by atoms with Crippen molar-refractivity contribution in [1.82, 2.24) is 10.4 Å². The van der Waals surface area contributed by atoms with E-state index in [-0.39, 0.29) is 9.92 Å². The van der Waals surface area contributed by atoms with Gasteiger partial charge in [-0.2, -0.15) is 18.3 Å². The van der Waals surface area contributed by atoms with E-state index < -0.39 is 39.9 Å². The van der Waals surface area contributed by atoms with Crippen LogP contribution in [-0.2, 0) is 21.0 Å². The summed E-state index contributed by atoms with van der Waals surface area (Å²) in [4.78, 5) is 16.1. The number of nitrogens with zero attached hydrogens (tertiary/aromatic N) is 3. The van der Waals surface area contributed by atoms with Crippen LogP contribution in [-0.4, -0.2) is 32.1 Å². The number of nitrogens with one attached hydrogen (secondary N) is 1. The molecule has 1 amide bonds. The van der Waals surface area contributed by atoms with E-state index in [1.807, 2.05) is 0 Å². The van der Waals surface area contributed by atoms with Gasteiger partial charge in [-0.1, -0.05) is 35.9 Å². The van der Waals surface area contributed by atoms with E-state index in [9.17, 15) is 26.4 Å². The van der Waals surface area contributed by atoms with E-state index in [0.717, 1.165) is 12.1 Å². The summed E-state index contributed by atoms with van der Waals surface area (Å²) in [5.41, 5.74) is 1.09. The van der Waals surface area contributed by atoms with Crippen LogP contribution >= 0.6 is 11.6 Å². The molecule has 0 bridgehead atoms. The molecule has 33 heavy (non-hydrogen) atoms. The summed E-state index contributed by atoms with van der Waals surface area (Å²) < 4.78 is 66.8. The van der Waals surface area contributed by atoms with Gasteiger partial charge in [0, 0.05) is 18.0 Å². The minimum absolute atomic E-state index is 0.231. The average molecular weight is 497 g/mol. The summed E-state index contributed by atoms with van der Waals surface area (Å²) in [5.74, 6) is -0.900. The van der Waals surface area contributed by atoms with Gasteiger partial charge in [-0.05, 0) is 36.4 Å². The van der Waals surface area contributed by atoms with E-state index in [1.54, 1.807) is 24.4 Å². The van der Waals surface area contributed by atoms with Crippen molar-refractivity contribution >= 4 is 39.4 Å². The molecule has 3 aromatic rings. The minimum atomic E-state index is -4.75. The van der Waals surface area contributed by atoms with Crippen LogP contribution in [0.4, 0.5) is 18.9 Å². The van der Waals surface area contributed by atoms with Gasteiger partial charge in [0.15, 0.2) is 0 Å². The Balaban J connectivity index is 1.97. The summed E-state index contributed by atoms with van der Waals surface area (Å²) >= 11 is 6.06. The second kappa shape index (κ2) is 10.0. The lowest BCUT2D eigenvalue weighted by atomic mass is 10.2. The van der Waals surface area contributed by atoms with Crippen molar-refractivity contribution in [1.29, 1.82) is 0 Å². The lowest BCUT2D eigenvalue weighted by Crippen LogP contribution is -2.40. The summed E-state index contributed by atoms with van der Waals surface area (Å²) in [6.45, 7) is -0.872.